The minimum Gasteiger partial charge on any atom is -0.479 e. The molecule has 8 rings (SSSR count). The van der Waals surface area contributed by atoms with Crippen LogP contribution in [0.15, 0.2) is 11.6 Å². The van der Waals surface area contributed by atoms with Crippen LogP contribution in [-0.2, 0) is 38.0 Å². The number of allylic oxidation sites excluding steroid dienone is 1. The summed E-state index contributed by atoms with van der Waals surface area (Å²) in [6.07, 6.45) is -19.9. The van der Waals surface area contributed by atoms with Gasteiger partial charge in [0.25, 0.3) is 0 Å². The summed E-state index contributed by atoms with van der Waals surface area (Å²) in [5.74, 6) is -2.74. The van der Waals surface area contributed by atoms with E-state index in [1.165, 1.54) is 0 Å². The fourth-order valence-corrected chi connectivity index (χ4v) is 15.0. The van der Waals surface area contributed by atoms with Crippen molar-refractivity contribution in [2.24, 2.45) is 50.2 Å². The molecular weight excluding hydrogens is 897 g/mol. The normalized spacial score (nSPS) is 53.1. The summed E-state index contributed by atoms with van der Waals surface area (Å²) in [6.45, 7) is 13.6. The van der Waals surface area contributed by atoms with Gasteiger partial charge in [-0.25, -0.2) is 4.79 Å². The van der Waals surface area contributed by atoms with E-state index in [9.17, 15) is 70.9 Å². The number of carboxylic acids is 1. The molecule has 0 spiro atoms. The summed E-state index contributed by atoms with van der Waals surface area (Å²) in [5, 5.41) is 128. The van der Waals surface area contributed by atoms with Crippen LogP contribution in [0.5, 0.6) is 0 Å². The Morgan fingerprint density at radius 2 is 1.22 bits per heavy atom. The Bertz CT molecular complexity index is 1910. The molecule has 3 aliphatic heterocycles. The van der Waals surface area contributed by atoms with Crippen LogP contribution >= 0.6 is 0 Å². The van der Waals surface area contributed by atoms with Crippen LogP contribution < -0.4 is 0 Å². The number of carbonyl (C=O) groups is 2. The van der Waals surface area contributed by atoms with Crippen LogP contribution in [0.1, 0.15) is 106 Å². The Morgan fingerprint density at radius 1 is 0.632 bits per heavy atom. The number of ether oxygens (including phenoxy) is 6. The Morgan fingerprint density at radius 3 is 1.82 bits per heavy atom. The minimum absolute atomic E-state index is 0.0277. The molecule has 8 aliphatic rings. The van der Waals surface area contributed by atoms with Crippen molar-refractivity contribution < 1.29 is 99.3 Å². The van der Waals surface area contributed by atoms with Gasteiger partial charge in [-0.1, -0.05) is 60.1 Å². The van der Waals surface area contributed by atoms with Crippen LogP contribution in [0, 0.1) is 50.2 Å². The molecule has 12 N–H and O–H groups in total. The number of aliphatic hydroxyl groups excluding tert-OH is 11. The molecule has 24 unspecified atom stereocenters. The molecule has 7 fully saturated rings. The number of hydrogen-bond donors (Lipinski definition) is 12. The van der Waals surface area contributed by atoms with Gasteiger partial charge in [-0.15, -0.1) is 0 Å². The first-order chi connectivity index (χ1) is 31.7. The molecule has 5 aliphatic carbocycles. The Kier molecular flexibility index (Phi) is 14.0. The molecule has 68 heavy (non-hydrogen) atoms. The molecule has 3 heterocycles. The van der Waals surface area contributed by atoms with E-state index in [0.717, 1.165) is 18.4 Å². The quantitative estimate of drug-likeness (QED) is 0.0765. The topological polar surface area (TPSA) is 332 Å². The first-order valence-electron chi connectivity index (χ1n) is 24.4. The van der Waals surface area contributed by atoms with Gasteiger partial charge < -0.3 is 89.7 Å². The second-order valence-electron chi connectivity index (χ2n) is 23.5. The molecular formula is C48H76O20. The molecule has 3 saturated heterocycles. The summed E-state index contributed by atoms with van der Waals surface area (Å²) < 4.78 is 35.5. The van der Waals surface area contributed by atoms with Gasteiger partial charge in [0, 0.05) is 5.92 Å². The third-order valence-corrected chi connectivity index (χ3v) is 19.5. The summed E-state index contributed by atoms with van der Waals surface area (Å²) >= 11 is 0. The van der Waals surface area contributed by atoms with Gasteiger partial charge in [0.2, 0.25) is 6.29 Å². The number of aliphatic hydroxyl groups is 11. The van der Waals surface area contributed by atoms with Gasteiger partial charge >= 0.3 is 11.9 Å². The summed E-state index contributed by atoms with van der Waals surface area (Å²) in [7, 11) is 0. The van der Waals surface area contributed by atoms with Gasteiger partial charge in [-0.2, -0.15) is 0 Å². The lowest BCUT2D eigenvalue weighted by atomic mass is 9.33. The third kappa shape index (κ3) is 7.85. The van der Waals surface area contributed by atoms with E-state index in [2.05, 4.69) is 40.7 Å². The van der Waals surface area contributed by atoms with E-state index < -0.39 is 157 Å². The molecule has 0 radical (unpaired) electrons. The Hall–Kier alpha value is -1.96. The monoisotopic (exact) mass is 972 g/mol. The third-order valence-electron chi connectivity index (χ3n) is 19.5. The maximum absolute atomic E-state index is 14.7. The van der Waals surface area contributed by atoms with E-state index in [1.807, 2.05) is 13.8 Å². The summed E-state index contributed by atoms with van der Waals surface area (Å²) in [6, 6.07) is 0. The average Bonchev–Trinajstić information content (AvgIpc) is 3.28. The van der Waals surface area contributed by atoms with Crippen molar-refractivity contribution in [1.29, 1.82) is 0 Å². The average molecular weight is 973 g/mol. The van der Waals surface area contributed by atoms with E-state index in [1.54, 1.807) is 0 Å². The van der Waals surface area contributed by atoms with E-state index >= 15 is 0 Å². The van der Waals surface area contributed by atoms with Crippen molar-refractivity contribution in [2.75, 3.05) is 13.2 Å². The molecule has 0 amide bonds. The predicted octanol–water partition coefficient (Wildman–Crippen LogP) is -0.796. The second-order valence-corrected chi connectivity index (χ2v) is 23.5. The van der Waals surface area contributed by atoms with Gasteiger partial charge in [0.05, 0.1) is 30.8 Å². The zero-order chi connectivity index (χ0) is 50.0. The Labute approximate surface area is 396 Å². The standard InChI is InChI=1S/C48H76O20/c1-43(2)14-16-48(42(62)68-40-34(58)30(54)28(52)22(19-50)64-40)17-15-46(6)20(26(48)37(43)59)8-9-24-45(5)12-11-25(44(3,4)23(45)10-13-47(24,46)7)65-41-36(32(56)31(55)35(66-41)38(60)61)67-39-33(57)29(53)27(51)21(18-49)63-39/h8,21-37,39-41,49-59H,9-19H2,1-7H3,(H,60,61). The van der Waals surface area contributed by atoms with Gasteiger partial charge in [0.1, 0.15) is 67.1 Å². The highest BCUT2D eigenvalue weighted by atomic mass is 16.8. The first-order valence-corrected chi connectivity index (χ1v) is 24.4. The fourth-order valence-electron chi connectivity index (χ4n) is 15.0. The first kappa shape index (κ1) is 52.4. The summed E-state index contributed by atoms with van der Waals surface area (Å²) in [5.41, 5.74) is -2.49. The maximum Gasteiger partial charge on any atom is 0.335 e. The molecule has 20 heteroatoms. The smallest absolute Gasteiger partial charge is 0.335 e. The lowest BCUT2D eigenvalue weighted by molar-refractivity contribution is -0.374. The van der Waals surface area contributed by atoms with Crippen molar-refractivity contribution >= 4 is 11.9 Å². The van der Waals surface area contributed by atoms with E-state index in [4.69, 9.17) is 28.4 Å². The second kappa shape index (κ2) is 18.2. The van der Waals surface area contributed by atoms with Gasteiger partial charge in [-0.05, 0) is 96.7 Å². The summed E-state index contributed by atoms with van der Waals surface area (Å²) in [4.78, 5) is 27.0. The number of fused-ring (bicyclic) bond motifs is 7. The lowest BCUT2D eigenvalue weighted by Crippen LogP contribution is -2.68. The number of aliphatic carboxylic acids is 1. The number of rotatable bonds is 9. The highest BCUT2D eigenvalue weighted by Crippen LogP contribution is 2.76. The lowest BCUT2D eigenvalue weighted by Gasteiger charge is -2.71. The Balaban J connectivity index is 1.06. The predicted molar refractivity (Wildman–Crippen MR) is 232 cm³/mol. The number of carboxylic acid groups (broad SMARTS) is 1. The molecule has 0 aromatic carbocycles. The molecule has 0 aromatic rings. The highest BCUT2D eigenvalue weighted by molar-refractivity contribution is 5.79. The molecule has 0 bridgehead atoms. The molecule has 0 aromatic heterocycles. The van der Waals surface area contributed by atoms with Crippen molar-refractivity contribution in [2.45, 2.75) is 211 Å². The zero-order valence-corrected chi connectivity index (χ0v) is 40.0. The minimum atomic E-state index is -2.00. The van der Waals surface area contributed by atoms with Crippen molar-refractivity contribution in [3.8, 4) is 0 Å². The molecule has 388 valence electrons. The number of hydrogen-bond acceptors (Lipinski definition) is 19. The molecule has 20 nitrogen and oxygen atoms in total. The highest BCUT2D eigenvalue weighted by Gasteiger charge is 2.71. The maximum atomic E-state index is 14.7. The molecule has 24 atom stereocenters. The van der Waals surface area contributed by atoms with Crippen molar-refractivity contribution in [3.05, 3.63) is 11.6 Å². The zero-order valence-electron chi connectivity index (χ0n) is 40.0. The molecule has 4 saturated carbocycles. The number of carbonyl (C=O) groups excluding carboxylic acids is 1. The van der Waals surface area contributed by atoms with Crippen LogP contribution in [0.3, 0.4) is 0 Å². The van der Waals surface area contributed by atoms with E-state index in [0.29, 0.717) is 44.9 Å². The van der Waals surface area contributed by atoms with Crippen LogP contribution in [-0.4, -0.2) is 191 Å². The van der Waals surface area contributed by atoms with E-state index in [-0.39, 0.29) is 22.7 Å². The SMILES string of the molecule is CC1(C)CCC2(C(=O)OC3OC(CO)C(O)C(O)C3O)CCC3(C)C(=CCC4C5(C)CCC(OC6OC(C(=O)O)C(O)C(O)C6OC6OC(CO)C(O)C(O)C6O)C(C)(C)C5CCC43C)C2C1O. The van der Waals surface area contributed by atoms with Crippen molar-refractivity contribution in [3.63, 3.8) is 0 Å². The van der Waals surface area contributed by atoms with Gasteiger partial charge in [0.15, 0.2) is 18.7 Å². The van der Waals surface area contributed by atoms with Gasteiger partial charge in [-0.3, -0.25) is 4.79 Å². The van der Waals surface area contributed by atoms with Crippen molar-refractivity contribution in [1.82, 2.24) is 0 Å². The fraction of sp³-hybridized carbons (Fsp3) is 0.917. The van der Waals surface area contributed by atoms with Crippen LogP contribution in [0.2, 0.25) is 0 Å². The largest absolute Gasteiger partial charge is 0.479 e. The van der Waals surface area contributed by atoms with Crippen LogP contribution in [0.25, 0.3) is 0 Å². The van der Waals surface area contributed by atoms with Crippen LogP contribution in [0.4, 0.5) is 0 Å². The number of esters is 1.